The number of nitrogens with one attached hydrogen (secondary N) is 1. The minimum atomic E-state index is -1.17. The number of nitrogens with two attached hydrogens (primary N) is 1. The smallest absolute Gasteiger partial charge is 0.326 e. The SMILES string of the molecule is CCC[C@H](N)C(=O)N[C@H](CCO)C(=O)O. The Morgan fingerprint density at radius 2 is 2.00 bits per heavy atom. The van der Waals surface area contributed by atoms with E-state index in [2.05, 4.69) is 5.32 Å². The first-order valence-electron chi connectivity index (χ1n) is 4.92. The van der Waals surface area contributed by atoms with Crippen LogP contribution in [0.2, 0.25) is 0 Å². The van der Waals surface area contributed by atoms with Crippen LogP contribution in [0.15, 0.2) is 0 Å². The summed E-state index contributed by atoms with van der Waals surface area (Å²) in [5, 5.41) is 19.6. The second-order valence-electron chi connectivity index (χ2n) is 3.31. The predicted octanol–water partition coefficient (Wildman–Crippen LogP) is -0.934. The van der Waals surface area contributed by atoms with E-state index in [9.17, 15) is 9.59 Å². The lowest BCUT2D eigenvalue weighted by Gasteiger charge is -2.16. The molecule has 0 unspecified atom stereocenters. The third-order valence-electron chi connectivity index (χ3n) is 1.97. The van der Waals surface area contributed by atoms with Gasteiger partial charge < -0.3 is 21.3 Å². The number of carboxylic acid groups (broad SMARTS) is 1. The maximum atomic E-state index is 11.3. The van der Waals surface area contributed by atoms with Crippen molar-refractivity contribution >= 4 is 11.9 Å². The maximum Gasteiger partial charge on any atom is 0.326 e. The van der Waals surface area contributed by atoms with E-state index in [0.717, 1.165) is 6.42 Å². The van der Waals surface area contributed by atoms with Gasteiger partial charge in [0, 0.05) is 13.0 Å². The zero-order valence-corrected chi connectivity index (χ0v) is 8.77. The zero-order chi connectivity index (χ0) is 11.8. The summed E-state index contributed by atoms with van der Waals surface area (Å²) in [7, 11) is 0. The van der Waals surface area contributed by atoms with E-state index in [4.69, 9.17) is 15.9 Å². The van der Waals surface area contributed by atoms with Gasteiger partial charge in [-0.25, -0.2) is 4.79 Å². The molecular weight excluding hydrogens is 200 g/mol. The molecule has 5 N–H and O–H groups in total. The van der Waals surface area contributed by atoms with Crippen molar-refractivity contribution in [2.24, 2.45) is 5.73 Å². The monoisotopic (exact) mass is 218 g/mol. The Kier molecular flexibility index (Phi) is 6.64. The molecule has 0 aliphatic heterocycles. The van der Waals surface area contributed by atoms with E-state index in [1.807, 2.05) is 6.92 Å². The summed E-state index contributed by atoms with van der Waals surface area (Å²) in [6, 6.07) is -1.75. The Morgan fingerprint density at radius 1 is 1.40 bits per heavy atom. The Labute approximate surface area is 88.5 Å². The highest BCUT2D eigenvalue weighted by Gasteiger charge is 2.21. The molecule has 0 radical (unpaired) electrons. The molecule has 0 aromatic carbocycles. The van der Waals surface area contributed by atoms with Gasteiger partial charge in [-0.05, 0) is 6.42 Å². The number of aliphatic carboxylic acids is 1. The van der Waals surface area contributed by atoms with Crippen LogP contribution in [0, 0.1) is 0 Å². The average molecular weight is 218 g/mol. The van der Waals surface area contributed by atoms with Crippen molar-refractivity contribution in [3.8, 4) is 0 Å². The van der Waals surface area contributed by atoms with Crippen molar-refractivity contribution in [1.82, 2.24) is 5.32 Å². The van der Waals surface area contributed by atoms with Gasteiger partial charge in [0.1, 0.15) is 6.04 Å². The van der Waals surface area contributed by atoms with Crippen LogP contribution >= 0.6 is 0 Å². The number of hydrogen-bond acceptors (Lipinski definition) is 4. The summed E-state index contributed by atoms with van der Waals surface area (Å²) in [4.78, 5) is 22.0. The van der Waals surface area contributed by atoms with Crippen LogP contribution < -0.4 is 11.1 Å². The Balaban J connectivity index is 4.15. The lowest BCUT2D eigenvalue weighted by Crippen LogP contribution is -2.48. The molecule has 0 rings (SSSR count). The maximum absolute atomic E-state index is 11.3. The fourth-order valence-electron chi connectivity index (χ4n) is 1.11. The van der Waals surface area contributed by atoms with E-state index in [-0.39, 0.29) is 13.0 Å². The molecule has 0 spiro atoms. The van der Waals surface area contributed by atoms with Gasteiger partial charge in [0.15, 0.2) is 0 Å². The van der Waals surface area contributed by atoms with Gasteiger partial charge in [-0.15, -0.1) is 0 Å². The third kappa shape index (κ3) is 5.34. The third-order valence-corrected chi connectivity index (χ3v) is 1.97. The molecule has 0 bridgehead atoms. The van der Waals surface area contributed by atoms with E-state index in [0.29, 0.717) is 6.42 Å². The zero-order valence-electron chi connectivity index (χ0n) is 8.77. The number of carboxylic acids is 1. The Hall–Kier alpha value is -1.14. The molecule has 0 aliphatic carbocycles. The fraction of sp³-hybridized carbons (Fsp3) is 0.778. The van der Waals surface area contributed by atoms with Gasteiger partial charge in [0.05, 0.1) is 6.04 Å². The number of amides is 1. The molecular formula is C9H18N2O4. The van der Waals surface area contributed by atoms with Gasteiger partial charge >= 0.3 is 5.97 Å². The topological polar surface area (TPSA) is 113 Å². The number of aliphatic hydroxyl groups excluding tert-OH is 1. The van der Waals surface area contributed by atoms with Gasteiger partial charge in [-0.3, -0.25) is 4.79 Å². The first kappa shape index (κ1) is 13.9. The normalized spacial score (nSPS) is 14.3. The highest BCUT2D eigenvalue weighted by atomic mass is 16.4. The second-order valence-corrected chi connectivity index (χ2v) is 3.31. The van der Waals surface area contributed by atoms with Crippen LogP contribution in [0.1, 0.15) is 26.2 Å². The standard InChI is InChI=1S/C9H18N2O4/c1-2-3-6(10)8(13)11-7(4-5-12)9(14)15/h6-7,12H,2-5,10H2,1H3,(H,11,13)(H,14,15)/t6-,7+/m0/s1. The summed E-state index contributed by atoms with van der Waals surface area (Å²) in [5.74, 6) is -1.65. The lowest BCUT2D eigenvalue weighted by atomic mass is 10.1. The molecule has 6 heteroatoms. The van der Waals surface area contributed by atoms with Crippen molar-refractivity contribution < 1.29 is 19.8 Å². The van der Waals surface area contributed by atoms with E-state index >= 15 is 0 Å². The molecule has 0 aliphatic rings. The lowest BCUT2D eigenvalue weighted by molar-refractivity contribution is -0.142. The van der Waals surface area contributed by atoms with Crippen LogP contribution in [0.4, 0.5) is 0 Å². The number of hydrogen-bond donors (Lipinski definition) is 4. The van der Waals surface area contributed by atoms with Gasteiger partial charge in [-0.1, -0.05) is 13.3 Å². The second kappa shape index (κ2) is 7.19. The highest BCUT2D eigenvalue weighted by molar-refractivity contribution is 5.86. The molecule has 1 amide bonds. The minimum absolute atomic E-state index is 0.0140. The summed E-state index contributed by atoms with van der Waals surface area (Å²) in [6.45, 7) is 1.59. The van der Waals surface area contributed by atoms with Crippen molar-refractivity contribution in [2.45, 2.75) is 38.3 Å². The Bertz CT molecular complexity index is 220. The van der Waals surface area contributed by atoms with Crippen molar-refractivity contribution in [2.75, 3.05) is 6.61 Å². The first-order chi connectivity index (χ1) is 7.02. The number of carbonyl (C=O) groups excluding carboxylic acids is 1. The number of rotatable bonds is 7. The van der Waals surface area contributed by atoms with E-state index in [1.54, 1.807) is 0 Å². The van der Waals surface area contributed by atoms with Crippen molar-refractivity contribution in [3.05, 3.63) is 0 Å². The predicted molar refractivity (Wildman–Crippen MR) is 54.2 cm³/mol. The van der Waals surface area contributed by atoms with Gasteiger partial charge in [-0.2, -0.15) is 0 Å². The molecule has 15 heavy (non-hydrogen) atoms. The minimum Gasteiger partial charge on any atom is -0.480 e. The van der Waals surface area contributed by atoms with Crippen LogP contribution in [-0.2, 0) is 9.59 Å². The molecule has 88 valence electrons. The number of carbonyl (C=O) groups is 2. The fourth-order valence-corrected chi connectivity index (χ4v) is 1.11. The van der Waals surface area contributed by atoms with E-state index in [1.165, 1.54) is 0 Å². The van der Waals surface area contributed by atoms with Crippen molar-refractivity contribution in [1.29, 1.82) is 0 Å². The molecule has 2 atom stereocenters. The van der Waals surface area contributed by atoms with Gasteiger partial charge in [0.2, 0.25) is 5.91 Å². The molecule has 0 aromatic heterocycles. The quantitative estimate of drug-likeness (QED) is 0.441. The summed E-state index contributed by atoms with van der Waals surface area (Å²) in [5.41, 5.74) is 5.50. The molecule has 0 fully saturated rings. The van der Waals surface area contributed by atoms with E-state index < -0.39 is 24.0 Å². The highest BCUT2D eigenvalue weighted by Crippen LogP contribution is 1.96. The van der Waals surface area contributed by atoms with Crippen LogP contribution in [-0.4, -0.2) is 40.8 Å². The van der Waals surface area contributed by atoms with Gasteiger partial charge in [0.25, 0.3) is 0 Å². The summed E-state index contributed by atoms with van der Waals surface area (Å²) in [6.07, 6.45) is 1.25. The molecule has 6 nitrogen and oxygen atoms in total. The van der Waals surface area contributed by atoms with Crippen LogP contribution in [0.5, 0.6) is 0 Å². The molecule has 0 aromatic rings. The first-order valence-corrected chi connectivity index (χ1v) is 4.92. The Morgan fingerprint density at radius 3 is 2.40 bits per heavy atom. The van der Waals surface area contributed by atoms with Crippen LogP contribution in [0.25, 0.3) is 0 Å². The van der Waals surface area contributed by atoms with Crippen molar-refractivity contribution in [3.63, 3.8) is 0 Å². The van der Waals surface area contributed by atoms with Crippen LogP contribution in [0.3, 0.4) is 0 Å². The number of aliphatic hydroxyl groups is 1. The molecule has 0 heterocycles. The summed E-state index contributed by atoms with van der Waals surface area (Å²) < 4.78 is 0. The largest absolute Gasteiger partial charge is 0.480 e. The molecule has 0 saturated heterocycles. The average Bonchev–Trinajstić information content (AvgIpc) is 2.17. The molecule has 0 saturated carbocycles. The summed E-state index contributed by atoms with van der Waals surface area (Å²) >= 11 is 0.